The fraction of sp³-hybridized carbons (Fsp3) is 0.600. The number of nitriles is 1. The van der Waals surface area contributed by atoms with Gasteiger partial charge in [0.05, 0.1) is 12.1 Å². The maximum Gasteiger partial charge on any atom is 0.241 e. The van der Waals surface area contributed by atoms with E-state index < -0.39 is 5.41 Å². The Morgan fingerprint density at radius 1 is 1.50 bits per heavy atom. The van der Waals surface area contributed by atoms with Gasteiger partial charge < -0.3 is 10.1 Å². The van der Waals surface area contributed by atoms with Crippen molar-refractivity contribution in [2.45, 2.75) is 38.1 Å². The van der Waals surface area contributed by atoms with Crippen molar-refractivity contribution < 1.29 is 9.53 Å². The number of rotatable bonds is 2. The van der Waals surface area contributed by atoms with Crippen LogP contribution in [0.4, 0.5) is 0 Å². The van der Waals surface area contributed by atoms with Crippen molar-refractivity contribution in [3.63, 3.8) is 0 Å². The van der Waals surface area contributed by atoms with E-state index in [4.69, 9.17) is 4.74 Å². The van der Waals surface area contributed by atoms with Crippen molar-refractivity contribution in [3.05, 3.63) is 21.9 Å². The molecule has 0 bridgehead atoms. The average Bonchev–Trinajstić information content (AvgIpc) is 2.97. The highest BCUT2D eigenvalue weighted by Gasteiger charge is 2.41. The number of nitrogens with zero attached hydrogens (tertiary/aromatic N) is 1. The third-order valence-corrected chi connectivity index (χ3v) is 5.35. The van der Waals surface area contributed by atoms with E-state index in [1.54, 1.807) is 11.3 Å². The number of carbonyl (C=O) groups excluding carboxylic acids is 1. The monoisotopic (exact) mass is 290 g/mol. The summed E-state index contributed by atoms with van der Waals surface area (Å²) < 4.78 is 5.28. The predicted octanol–water partition coefficient (Wildman–Crippen LogP) is 2.56. The highest BCUT2D eigenvalue weighted by molar-refractivity contribution is 7.10. The Kier molecular flexibility index (Phi) is 3.77. The van der Waals surface area contributed by atoms with Crippen LogP contribution in [0.3, 0.4) is 0 Å². The minimum Gasteiger partial charge on any atom is -0.381 e. The predicted molar refractivity (Wildman–Crippen MR) is 76.2 cm³/mol. The third kappa shape index (κ3) is 2.34. The van der Waals surface area contributed by atoms with Crippen LogP contribution in [0.5, 0.6) is 0 Å². The van der Waals surface area contributed by atoms with E-state index in [0.29, 0.717) is 26.1 Å². The Balaban J connectivity index is 1.75. The van der Waals surface area contributed by atoms with Gasteiger partial charge >= 0.3 is 0 Å². The van der Waals surface area contributed by atoms with Crippen molar-refractivity contribution in [1.82, 2.24) is 5.32 Å². The van der Waals surface area contributed by atoms with Gasteiger partial charge in [-0.15, -0.1) is 11.3 Å². The topological polar surface area (TPSA) is 62.1 Å². The Morgan fingerprint density at radius 2 is 2.30 bits per heavy atom. The van der Waals surface area contributed by atoms with Crippen LogP contribution in [0, 0.1) is 16.7 Å². The molecule has 1 saturated heterocycles. The summed E-state index contributed by atoms with van der Waals surface area (Å²) in [6.45, 7) is 0.991. The van der Waals surface area contributed by atoms with Gasteiger partial charge in [0.15, 0.2) is 0 Å². The lowest BCUT2D eigenvalue weighted by Gasteiger charge is -2.32. The molecule has 0 spiro atoms. The van der Waals surface area contributed by atoms with E-state index >= 15 is 0 Å². The second-order valence-corrected chi connectivity index (χ2v) is 6.52. The van der Waals surface area contributed by atoms with Crippen LogP contribution in [-0.4, -0.2) is 19.1 Å². The smallest absolute Gasteiger partial charge is 0.241 e. The number of hydrogen-bond acceptors (Lipinski definition) is 4. The number of carbonyl (C=O) groups is 1. The zero-order valence-electron chi connectivity index (χ0n) is 11.4. The molecule has 1 N–H and O–H groups in total. The number of hydrogen-bond donors (Lipinski definition) is 1. The molecule has 4 nitrogen and oxygen atoms in total. The fourth-order valence-corrected chi connectivity index (χ4v) is 4.03. The zero-order valence-corrected chi connectivity index (χ0v) is 12.2. The molecule has 1 amide bonds. The summed E-state index contributed by atoms with van der Waals surface area (Å²) in [6.07, 6.45) is 4.17. The molecule has 1 aromatic rings. The van der Waals surface area contributed by atoms with E-state index in [-0.39, 0.29) is 11.9 Å². The van der Waals surface area contributed by atoms with Gasteiger partial charge in [0.1, 0.15) is 5.41 Å². The lowest BCUT2D eigenvalue weighted by molar-refractivity contribution is -0.133. The van der Waals surface area contributed by atoms with E-state index in [9.17, 15) is 10.1 Å². The van der Waals surface area contributed by atoms with Gasteiger partial charge in [0.25, 0.3) is 0 Å². The normalized spacial score (nSPS) is 24.4. The van der Waals surface area contributed by atoms with Crippen molar-refractivity contribution in [2.24, 2.45) is 5.41 Å². The van der Waals surface area contributed by atoms with Crippen molar-refractivity contribution in [1.29, 1.82) is 5.26 Å². The number of thiophene rings is 1. The number of aryl methyl sites for hydroxylation is 1. The summed E-state index contributed by atoms with van der Waals surface area (Å²) in [7, 11) is 0. The summed E-state index contributed by atoms with van der Waals surface area (Å²) in [5, 5.41) is 14.6. The maximum absolute atomic E-state index is 12.6. The molecule has 5 heteroatoms. The Morgan fingerprint density at radius 3 is 3.05 bits per heavy atom. The van der Waals surface area contributed by atoms with Gasteiger partial charge in [-0.05, 0) is 49.1 Å². The largest absolute Gasteiger partial charge is 0.381 e. The van der Waals surface area contributed by atoms with Gasteiger partial charge in [-0.2, -0.15) is 5.26 Å². The number of fused-ring (bicyclic) bond motifs is 1. The maximum atomic E-state index is 12.6. The lowest BCUT2D eigenvalue weighted by Crippen LogP contribution is -2.45. The molecule has 1 aromatic heterocycles. The van der Waals surface area contributed by atoms with Gasteiger partial charge in [0, 0.05) is 18.1 Å². The summed E-state index contributed by atoms with van der Waals surface area (Å²) in [6, 6.07) is 4.41. The van der Waals surface area contributed by atoms with Crippen molar-refractivity contribution in [2.75, 3.05) is 13.2 Å². The summed E-state index contributed by atoms with van der Waals surface area (Å²) in [4.78, 5) is 13.9. The second kappa shape index (κ2) is 5.55. The fourth-order valence-electron chi connectivity index (χ4n) is 3.04. The first-order chi connectivity index (χ1) is 9.75. The minimum atomic E-state index is -0.897. The highest BCUT2D eigenvalue weighted by atomic mass is 32.1. The number of nitrogens with one attached hydrogen (secondary N) is 1. The zero-order chi connectivity index (χ0) is 14.0. The van der Waals surface area contributed by atoms with Crippen LogP contribution in [0.1, 0.15) is 42.2 Å². The molecular formula is C15H18N2O2S. The van der Waals surface area contributed by atoms with E-state index in [2.05, 4.69) is 22.8 Å². The minimum absolute atomic E-state index is 0.0746. The van der Waals surface area contributed by atoms with Gasteiger partial charge in [-0.1, -0.05) is 0 Å². The molecule has 0 radical (unpaired) electrons. The van der Waals surface area contributed by atoms with E-state index in [0.717, 1.165) is 19.3 Å². The molecular weight excluding hydrogens is 272 g/mol. The van der Waals surface area contributed by atoms with Crippen molar-refractivity contribution in [3.8, 4) is 6.07 Å². The van der Waals surface area contributed by atoms with Crippen LogP contribution < -0.4 is 5.32 Å². The standard InChI is InChI=1S/C15H18N2O2S/c16-10-15(5-7-19-8-6-15)14(18)17-12-2-1-3-13-11(12)4-9-20-13/h4,9,12H,1-3,5-8H2,(H,17,18). The number of ether oxygens (including phenoxy) is 1. The van der Waals surface area contributed by atoms with Gasteiger partial charge in [0.2, 0.25) is 5.91 Å². The van der Waals surface area contributed by atoms with E-state index in [1.807, 2.05) is 0 Å². The first kappa shape index (κ1) is 13.6. The van der Waals surface area contributed by atoms with Gasteiger partial charge in [-0.3, -0.25) is 4.79 Å². The molecule has 1 unspecified atom stereocenters. The molecule has 1 atom stereocenters. The van der Waals surface area contributed by atoms with Crippen LogP contribution >= 0.6 is 11.3 Å². The molecule has 1 aliphatic heterocycles. The second-order valence-electron chi connectivity index (χ2n) is 5.52. The van der Waals surface area contributed by atoms with Crippen LogP contribution in [-0.2, 0) is 16.0 Å². The molecule has 1 aliphatic carbocycles. The molecule has 0 aromatic carbocycles. The number of amides is 1. The lowest BCUT2D eigenvalue weighted by atomic mass is 9.80. The SMILES string of the molecule is N#CC1(C(=O)NC2CCCc3sccc32)CCOCC1. The molecule has 3 rings (SSSR count). The van der Waals surface area contributed by atoms with Crippen LogP contribution in [0.2, 0.25) is 0 Å². The highest BCUT2D eigenvalue weighted by Crippen LogP contribution is 2.36. The average molecular weight is 290 g/mol. The van der Waals surface area contributed by atoms with Gasteiger partial charge in [-0.25, -0.2) is 0 Å². The molecule has 0 saturated carbocycles. The van der Waals surface area contributed by atoms with Crippen molar-refractivity contribution >= 4 is 17.2 Å². The summed E-state index contributed by atoms with van der Waals surface area (Å²) in [5.74, 6) is -0.118. The Bertz CT molecular complexity index is 540. The van der Waals surface area contributed by atoms with Crippen LogP contribution in [0.25, 0.3) is 0 Å². The third-order valence-electron chi connectivity index (χ3n) is 4.35. The Labute approximate surface area is 122 Å². The first-order valence-corrected chi connectivity index (χ1v) is 7.99. The quantitative estimate of drug-likeness (QED) is 0.910. The molecule has 20 heavy (non-hydrogen) atoms. The summed E-state index contributed by atoms with van der Waals surface area (Å²) in [5.41, 5.74) is 0.348. The van der Waals surface area contributed by atoms with E-state index in [1.165, 1.54) is 10.4 Å². The molecule has 106 valence electrons. The summed E-state index contributed by atoms with van der Waals surface area (Å²) >= 11 is 1.76. The first-order valence-electron chi connectivity index (χ1n) is 7.11. The molecule has 2 aliphatic rings. The Hall–Kier alpha value is -1.38. The van der Waals surface area contributed by atoms with Crippen LogP contribution in [0.15, 0.2) is 11.4 Å². The molecule has 1 fully saturated rings. The molecule has 2 heterocycles.